The maximum atomic E-state index is 11.6. The minimum absolute atomic E-state index is 0.0968. The largest absolute Gasteiger partial charge is 0.463 e. The highest BCUT2D eigenvalue weighted by molar-refractivity contribution is 9.12. The standard InChI is InChI=1S/C30H50Br2O2/c1-17(2)18(3)27(31)28(32)19(4)24-10-11-25-23-9-8-21-16-22(34-20(5)33)12-14-29(21,6)26(23)13-15-30(24,25)7/h17-19,21-28H,8-16H2,1-7H3/t18-,19+,21-,22-,23+,24-,25+,26+,27?,28?,29+,30-/m1/s1. The Morgan fingerprint density at radius 3 is 2.15 bits per heavy atom. The summed E-state index contributed by atoms with van der Waals surface area (Å²) in [7, 11) is 0. The maximum absolute atomic E-state index is 11.6. The van der Waals surface area contributed by atoms with Crippen molar-refractivity contribution in [2.24, 2.45) is 58.2 Å². The van der Waals surface area contributed by atoms with Gasteiger partial charge in [-0.3, -0.25) is 4.79 Å². The number of carbonyl (C=O) groups excluding carboxylic acids is 1. The second-order valence-corrected chi connectivity index (χ2v) is 15.9. The van der Waals surface area contributed by atoms with Crippen molar-refractivity contribution >= 4 is 37.8 Å². The van der Waals surface area contributed by atoms with Gasteiger partial charge in [0, 0.05) is 16.6 Å². The third-order valence-electron chi connectivity index (χ3n) is 12.0. The normalized spacial score (nSPS) is 45.5. The molecule has 0 N–H and O–H groups in total. The van der Waals surface area contributed by atoms with Crippen molar-refractivity contribution < 1.29 is 9.53 Å². The van der Waals surface area contributed by atoms with Crippen LogP contribution in [0.2, 0.25) is 0 Å². The number of hydrogen-bond acceptors (Lipinski definition) is 2. The van der Waals surface area contributed by atoms with Crippen LogP contribution in [0.4, 0.5) is 0 Å². The van der Waals surface area contributed by atoms with Gasteiger partial charge in [-0.25, -0.2) is 0 Å². The van der Waals surface area contributed by atoms with Crippen molar-refractivity contribution in [1.29, 1.82) is 0 Å². The third-order valence-corrected chi connectivity index (χ3v) is 15.5. The van der Waals surface area contributed by atoms with Crippen LogP contribution >= 0.6 is 31.9 Å². The van der Waals surface area contributed by atoms with Gasteiger partial charge in [0.15, 0.2) is 0 Å². The second-order valence-electron chi connectivity index (χ2n) is 13.7. The van der Waals surface area contributed by atoms with Crippen LogP contribution in [-0.2, 0) is 9.53 Å². The van der Waals surface area contributed by atoms with E-state index in [1.807, 2.05) is 0 Å². The fourth-order valence-corrected chi connectivity index (χ4v) is 11.6. The molecule has 4 heteroatoms. The minimum atomic E-state index is -0.0968. The topological polar surface area (TPSA) is 26.3 Å². The van der Waals surface area contributed by atoms with Gasteiger partial charge in [-0.2, -0.15) is 0 Å². The van der Waals surface area contributed by atoms with Crippen molar-refractivity contribution in [3.05, 3.63) is 0 Å². The summed E-state index contributed by atoms with van der Waals surface area (Å²) in [6.07, 6.45) is 12.0. The van der Waals surface area contributed by atoms with Crippen LogP contribution < -0.4 is 0 Å². The molecule has 196 valence electrons. The van der Waals surface area contributed by atoms with Gasteiger partial charge in [-0.15, -0.1) is 0 Å². The number of fused-ring (bicyclic) bond motifs is 5. The molecule has 4 fully saturated rings. The van der Waals surface area contributed by atoms with Gasteiger partial charge in [0.25, 0.3) is 0 Å². The lowest BCUT2D eigenvalue weighted by Gasteiger charge is -2.61. The minimum Gasteiger partial charge on any atom is -0.463 e. The summed E-state index contributed by atoms with van der Waals surface area (Å²) >= 11 is 8.30. The summed E-state index contributed by atoms with van der Waals surface area (Å²) in [5.74, 6) is 6.23. The van der Waals surface area contributed by atoms with Crippen molar-refractivity contribution in [2.75, 3.05) is 0 Å². The van der Waals surface area contributed by atoms with Gasteiger partial charge < -0.3 is 4.74 Å². The first-order valence-corrected chi connectivity index (χ1v) is 16.2. The van der Waals surface area contributed by atoms with Gasteiger partial charge in [-0.1, -0.05) is 73.4 Å². The first-order valence-electron chi connectivity index (χ1n) is 14.4. The molecule has 12 atom stereocenters. The molecule has 0 saturated heterocycles. The number of carbonyl (C=O) groups is 1. The summed E-state index contributed by atoms with van der Waals surface area (Å²) in [4.78, 5) is 12.6. The van der Waals surface area contributed by atoms with Crippen molar-refractivity contribution in [1.82, 2.24) is 0 Å². The summed E-state index contributed by atoms with van der Waals surface area (Å²) < 4.78 is 5.67. The molecule has 2 nitrogen and oxygen atoms in total. The molecule has 4 saturated carbocycles. The lowest BCUT2D eigenvalue weighted by Crippen LogP contribution is -2.54. The molecule has 0 radical (unpaired) electrons. The number of rotatable bonds is 6. The summed E-state index contributed by atoms with van der Waals surface area (Å²) in [6, 6.07) is 0. The predicted octanol–water partition coefficient (Wildman–Crippen LogP) is 9.03. The van der Waals surface area contributed by atoms with Gasteiger partial charge in [0.1, 0.15) is 6.10 Å². The van der Waals surface area contributed by atoms with E-state index in [1.165, 1.54) is 44.9 Å². The molecule has 0 heterocycles. The van der Waals surface area contributed by atoms with E-state index in [4.69, 9.17) is 4.74 Å². The zero-order valence-corrected chi connectivity index (χ0v) is 26.0. The maximum Gasteiger partial charge on any atom is 0.302 e. The molecule has 0 bridgehead atoms. The molecule has 4 aliphatic rings. The summed E-state index contributed by atoms with van der Waals surface area (Å²) in [5, 5.41) is 0. The van der Waals surface area contributed by atoms with E-state index in [0.717, 1.165) is 42.4 Å². The van der Waals surface area contributed by atoms with Crippen LogP contribution in [0.15, 0.2) is 0 Å². The van der Waals surface area contributed by atoms with Crippen LogP contribution in [0.5, 0.6) is 0 Å². The summed E-state index contributed by atoms with van der Waals surface area (Å²) in [6.45, 7) is 16.5. The molecule has 0 spiro atoms. The molecule has 0 aliphatic heterocycles. The first-order chi connectivity index (χ1) is 15.9. The lowest BCUT2D eigenvalue weighted by molar-refractivity contribution is -0.160. The van der Waals surface area contributed by atoms with Crippen LogP contribution in [0.25, 0.3) is 0 Å². The Kier molecular flexibility index (Phi) is 8.32. The molecule has 2 unspecified atom stereocenters. The Bertz CT molecular complexity index is 739. The van der Waals surface area contributed by atoms with Gasteiger partial charge in [-0.05, 0) is 116 Å². The van der Waals surface area contributed by atoms with Crippen molar-refractivity contribution in [2.45, 2.75) is 122 Å². The summed E-state index contributed by atoms with van der Waals surface area (Å²) in [5.41, 5.74) is 0.953. The van der Waals surface area contributed by atoms with Crippen LogP contribution in [-0.4, -0.2) is 21.7 Å². The van der Waals surface area contributed by atoms with Gasteiger partial charge in [0.05, 0.1) is 0 Å². The SMILES string of the molecule is CC(=O)O[C@@H]1CC[C@@]2(C)[C@H](CC[C@@H]3[C@@H]2CC[C@]2(C)[C@@H]([C@H](C)C(Br)C(Br)[C@H](C)C(C)C)CC[C@@H]32)C1. The van der Waals surface area contributed by atoms with Crippen LogP contribution in [0.3, 0.4) is 0 Å². The number of esters is 1. The smallest absolute Gasteiger partial charge is 0.302 e. The van der Waals surface area contributed by atoms with Crippen molar-refractivity contribution in [3.8, 4) is 0 Å². The quantitative estimate of drug-likeness (QED) is 0.224. The first kappa shape index (κ1) is 27.5. The van der Waals surface area contributed by atoms with E-state index in [9.17, 15) is 4.79 Å². The number of alkyl halides is 2. The molecule has 0 aromatic carbocycles. The number of hydrogen-bond donors (Lipinski definition) is 0. The average molecular weight is 603 g/mol. The molecule has 0 aromatic rings. The molecule has 34 heavy (non-hydrogen) atoms. The van der Waals surface area contributed by atoms with Crippen molar-refractivity contribution in [3.63, 3.8) is 0 Å². The Hall–Kier alpha value is 0.430. The highest BCUT2D eigenvalue weighted by Gasteiger charge is 2.61. The monoisotopic (exact) mass is 600 g/mol. The zero-order chi connectivity index (χ0) is 25.0. The highest BCUT2D eigenvalue weighted by Crippen LogP contribution is 2.68. The van der Waals surface area contributed by atoms with Crippen LogP contribution in [0.1, 0.15) is 106 Å². The van der Waals surface area contributed by atoms with Crippen LogP contribution in [0, 0.1) is 58.2 Å². The molecule has 4 rings (SSSR count). The Labute approximate surface area is 226 Å². The Morgan fingerprint density at radius 1 is 0.853 bits per heavy atom. The van der Waals surface area contributed by atoms with E-state index in [1.54, 1.807) is 6.92 Å². The highest BCUT2D eigenvalue weighted by atomic mass is 79.9. The van der Waals surface area contributed by atoms with Gasteiger partial charge >= 0.3 is 5.97 Å². The Balaban J connectivity index is 1.47. The molecule has 0 amide bonds. The van der Waals surface area contributed by atoms with Gasteiger partial charge in [0.2, 0.25) is 0 Å². The lowest BCUT2D eigenvalue weighted by atomic mass is 9.44. The van der Waals surface area contributed by atoms with E-state index in [0.29, 0.717) is 38.2 Å². The second kappa shape index (κ2) is 10.3. The van der Waals surface area contributed by atoms with E-state index in [2.05, 4.69) is 73.4 Å². The third kappa shape index (κ3) is 4.71. The average Bonchev–Trinajstić information content (AvgIpc) is 3.14. The van der Waals surface area contributed by atoms with E-state index < -0.39 is 0 Å². The molecular weight excluding hydrogens is 552 g/mol. The zero-order valence-electron chi connectivity index (χ0n) is 22.8. The molecular formula is C30H50Br2O2. The molecule has 0 aromatic heterocycles. The Morgan fingerprint density at radius 2 is 1.50 bits per heavy atom. The number of halogens is 2. The van der Waals surface area contributed by atoms with E-state index >= 15 is 0 Å². The fourth-order valence-electron chi connectivity index (χ4n) is 9.63. The fraction of sp³-hybridized carbons (Fsp3) is 0.967. The van der Waals surface area contributed by atoms with E-state index in [-0.39, 0.29) is 12.1 Å². The molecule has 4 aliphatic carbocycles. The number of ether oxygens (including phenoxy) is 1. The predicted molar refractivity (Wildman–Crippen MR) is 149 cm³/mol.